The summed E-state index contributed by atoms with van der Waals surface area (Å²) in [5.41, 5.74) is 1.09. The van der Waals surface area contributed by atoms with Gasteiger partial charge in [0.1, 0.15) is 4.88 Å². The van der Waals surface area contributed by atoms with Gasteiger partial charge in [0.2, 0.25) is 0 Å². The molecule has 0 N–H and O–H groups in total. The van der Waals surface area contributed by atoms with Crippen molar-refractivity contribution in [3.05, 3.63) is 22.4 Å². The Bertz CT molecular complexity index is 453. The largest absolute Gasteiger partial charge is 0.375 e. The second-order valence-corrected chi connectivity index (χ2v) is 6.68. The fourth-order valence-corrected chi connectivity index (χ4v) is 3.46. The molecule has 0 saturated heterocycles. The molecule has 2 rings (SSSR count). The van der Waals surface area contributed by atoms with Crippen molar-refractivity contribution in [3.8, 4) is 0 Å². The van der Waals surface area contributed by atoms with Crippen LogP contribution in [-0.2, 0) is 4.84 Å². The molecule has 0 amide bonds. The molecule has 1 unspecified atom stereocenters. The predicted octanol–water partition coefficient (Wildman–Crippen LogP) is 5.42. The van der Waals surface area contributed by atoms with Gasteiger partial charge in [0, 0.05) is 5.92 Å². The fraction of sp³-hybridized carbons (Fsp3) is 0.647. The standard InChI is InChI=1S/C17H25NO2S/c1-2-3-4-5-6-9-14-10-7-11-15(14)18-20-17(19)16-12-8-13-21-16/h8,12-14H,2-7,9-11H2,1H3/b18-15-. The number of carbonyl (C=O) groups is 1. The molecular weight excluding hydrogens is 282 g/mol. The van der Waals surface area contributed by atoms with Gasteiger partial charge in [-0.3, -0.25) is 0 Å². The Morgan fingerprint density at radius 3 is 3.00 bits per heavy atom. The van der Waals surface area contributed by atoms with Crippen molar-refractivity contribution in [2.24, 2.45) is 11.1 Å². The lowest BCUT2D eigenvalue weighted by Gasteiger charge is -2.10. The number of rotatable bonds is 8. The van der Waals surface area contributed by atoms with Crippen LogP contribution in [0.2, 0.25) is 0 Å². The molecule has 1 saturated carbocycles. The third-order valence-corrected chi connectivity index (χ3v) is 4.93. The number of hydrogen-bond donors (Lipinski definition) is 0. The number of hydrogen-bond acceptors (Lipinski definition) is 4. The maximum Gasteiger partial charge on any atom is 0.375 e. The zero-order valence-electron chi connectivity index (χ0n) is 12.8. The SMILES string of the molecule is CCCCCCCC1CCC/C1=N/OC(=O)c1cccs1. The van der Waals surface area contributed by atoms with Crippen LogP contribution >= 0.6 is 11.3 Å². The molecule has 1 aromatic heterocycles. The molecule has 1 atom stereocenters. The highest BCUT2D eigenvalue weighted by Crippen LogP contribution is 2.28. The molecule has 3 nitrogen and oxygen atoms in total. The molecule has 1 heterocycles. The number of thiophene rings is 1. The van der Waals surface area contributed by atoms with Crippen LogP contribution < -0.4 is 0 Å². The lowest BCUT2D eigenvalue weighted by molar-refractivity contribution is 0.0519. The molecule has 1 aromatic rings. The van der Waals surface area contributed by atoms with Gasteiger partial charge in [0.15, 0.2) is 0 Å². The minimum Gasteiger partial charge on any atom is -0.312 e. The van der Waals surface area contributed by atoms with Gasteiger partial charge in [0.05, 0.1) is 5.71 Å². The van der Waals surface area contributed by atoms with E-state index in [9.17, 15) is 4.79 Å². The van der Waals surface area contributed by atoms with E-state index in [-0.39, 0.29) is 5.97 Å². The quantitative estimate of drug-likeness (QED) is 0.365. The van der Waals surface area contributed by atoms with Crippen LogP contribution in [0.25, 0.3) is 0 Å². The summed E-state index contributed by atoms with van der Waals surface area (Å²) in [6, 6.07) is 3.62. The number of oxime groups is 1. The van der Waals surface area contributed by atoms with Gasteiger partial charge in [-0.05, 0) is 37.1 Å². The Hall–Kier alpha value is -1.16. The van der Waals surface area contributed by atoms with Gasteiger partial charge >= 0.3 is 5.97 Å². The van der Waals surface area contributed by atoms with E-state index in [2.05, 4.69) is 12.1 Å². The van der Waals surface area contributed by atoms with Crippen LogP contribution in [-0.4, -0.2) is 11.7 Å². The average molecular weight is 307 g/mol. The Morgan fingerprint density at radius 1 is 1.38 bits per heavy atom. The molecule has 4 heteroatoms. The number of carbonyl (C=O) groups excluding carboxylic acids is 1. The summed E-state index contributed by atoms with van der Waals surface area (Å²) in [6.07, 6.45) is 11.1. The highest BCUT2D eigenvalue weighted by molar-refractivity contribution is 7.11. The van der Waals surface area contributed by atoms with Gasteiger partial charge in [-0.1, -0.05) is 50.2 Å². The smallest absolute Gasteiger partial charge is 0.312 e. The average Bonchev–Trinajstić information content (AvgIpc) is 3.16. The summed E-state index contributed by atoms with van der Waals surface area (Å²) in [7, 11) is 0. The van der Waals surface area contributed by atoms with Crippen LogP contribution in [0.3, 0.4) is 0 Å². The normalized spacial score (nSPS) is 20.0. The molecule has 0 spiro atoms. The Labute approximate surface area is 131 Å². The van der Waals surface area contributed by atoms with Crippen molar-refractivity contribution in [1.82, 2.24) is 0 Å². The van der Waals surface area contributed by atoms with E-state index < -0.39 is 0 Å². The third-order valence-electron chi connectivity index (χ3n) is 4.08. The zero-order valence-corrected chi connectivity index (χ0v) is 13.7. The minimum atomic E-state index is -0.328. The van der Waals surface area contributed by atoms with Crippen LogP contribution in [0, 0.1) is 5.92 Å². The molecule has 116 valence electrons. The zero-order chi connectivity index (χ0) is 14.9. The van der Waals surface area contributed by atoms with E-state index in [0.717, 1.165) is 12.1 Å². The van der Waals surface area contributed by atoms with Crippen molar-refractivity contribution in [1.29, 1.82) is 0 Å². The first kappa shape index (κ1) is 16.2. The second-order valence-electron chi connectivity index (χ2n) is 5.73. The summed E-state index contributed by atoms with van der Waals surface area (Å²) in [6.45, 7) is 2.24. The van der Waals surface area contributed by atoms with Crippen molar-refractivity contribution < 1.29 is 9.63 Å². The third kappa shape index (κ3) is 5.27. The van der Waals surface area contributed by atoms with E-state index in [1.54, 1.807) is 6.07 Å². The molecule has 21 heavy (non-hydrogen) atoms. The van der Waals surface area contributed by atoms with Crippen LogP contribution in [0.5, 0.6) is 0 Å². The molecule has 1 fully saturated rings. The molecule has 1 aliphatic carbocycles. The van der Waals surface area contributed by atoms with Gasteiger partial charge in [-0.15, -0.1) is 11.3 Å². The van der Waals surface area contributed by atoms with E-state index in [1.165, 1.54) is 62.7 Å². The Kier molecular flexibility index (Phi) is 6.93. The summed E-state index contributed by atoms with van der Waals surface area (Å²) < 4.78 is 0. The van der Waals surface area contributed by atoms with Gasteiger partial charge in [0.25, 0.3) is 0 Å². The van der Waals surface area contributed by atoms with E-state index in [0.29, 0.717) is 10.8 Å². The van der Waals surface area contributed by atoms with Crippen LogP contribution in [0.4, 0.5) is 0 Å². The predicted molar refractivity (Wildman–Crippen MR) is 87.9 cm³/mol. The first-order valence-corrected chi connectivity index (χ1v) is 9.01. The first-order chi connectivity index (χ1) is 10.3. The van der Waals surface area contributed by atoms with E-state index in [4.69, 9.17) is 4.84 Å². The van der Waals surface area contributed by atoms with Crippen molar-refractivity contribution >= 4 is 23.0 Å². The molecule has 1 aliphatic rings. The summed E-state index contributed by atoms with van der Waals surface area (Å²) in [5.74, 6) is 0.203. The monoisotopic (exact) mass is 307 g/mol. The first-order valence-electron chi connectivity index (χ1n) is 8.13. The lowest BCUT2D eigenvalue weighted by atomic mass is 9.98. The Morgan fingerprint density at radius 2 is 2.24 bits per heavy atom. The summed E-state index contributed by atoms with van der Waals surface area (Å²) in [4.78, 5) is 17.5. The molecule has 0 aliphatic heterocycles. The number of unbranched alkanes of at least 4 members (excludes halogenated alkanes) is 4. The minimum absolute atomic E-state index is 0.328. The second kappa shape index (κ2) is 8.98. The topological polar surface area (TPSA) is 38.7 Å². The van der Waals surface area contributed by atoms with Crippen LogP contribution in [0.15, 0.2) is 22.7 Å². The summed E-state index contributed by atoms with van der Waals surface area (Å²) in [5, 5.41) is 6.02. The fourth-order valence-electron chi connectivity index (χ4n) is 2.87. The molecular formula is C17H25NO2S. The van der Waals surface area contributed by atoms with Crippen LogP contribution in [0.1, 0.15) is 74.4 Å². The summed E-state index contributed by atoms with van der Waals surface area (Å²) >= 11 is 1.39. The highest BCUT2D eigenvalue weighted by Gasteiger charge is 2.23. The Balaban J connectivity index is 1.75. The van der Waals surface area contributed by atoms with Gasteiger partial charge in [-0.2, -0.15) is 0 Å². The molecule has 0 radical (unpaired) electrons. The van der Waals surface area contributed by atoms with Gasteiger partial charge in [-0.25, -0.2) is 4.79 Å². The van der Waals surface area contributed by atoms with Crippen molar-refractivity contribution in [2.45, 2.75) is 64.7 Å². The highest BCUT2D eigenvalue weighted by atomic mass is 32.1. The maximum atomic E-state index is 11.8. The lowest BCUT2D eigenvalue weighted by Crippen LogP contribution is -2.09. The van der Waals surface area contributed by atoms with E-state index >= 15 is 0 Å². The number of nitrogens with zero attached hydrogens (tertiary/aromatic N) is 1. The molecule has 0 aromatic carbocycles. The molecule has 0 bridgehead atoms. The van der Waals surface area contributed by atoms with Crippen molar-refractivity contribution in [3.63, 3.8) is 0 Å². The maximum absolute atomic E-state index is 11.8. The van der Waals surface area contributed by atoms with Crippen molar-refractivity contribution in [2.75, 3.05) is 0 Å². The van der Waals surface area contributed by atoms with E-state index in [1.807, 2.05) is 11.4 Å². The van der Waals surface area contributed by atoms with Gasteiger partial charge < -0.3 is 4.84 Å².